The lowest BCUT2D eigenvalue weighted by molar-refractivity contribution is -0.258. The molecule has 2 aliphatic rings. The molecule has 2 heterocycles. The number of rotatable bonds is 2. The molecule has 7 nitrogen and oxygen atoms in total. The molecule has 0 fully saturated rings. The largest absolute Gasteiger partial charge is 0.423 e. The van der Waals surface area contributed by atoms with Crippen molar-refractivity contribution < 1.29 is 36.6 Å². The molecule has 2 atom stereocenters. The Hall–Kier alpha value is -4.21. The zero-order valence-electron chi connectivity index (χ0n) is 18.8. The van der Waals surface area contributed by atoms with Crippen molar-refractivity contribution in [3.8, 4) is 6.07 Å². The van der Waals surface area contributed by atoms with E-state index in [1.54, 1.807) is 0 Å². The minimum Gasteiger partial charge on any atom is -0.375 e. The van der Waals surface area contributed by atoms with Gasteiger partial charge in [0.25, 0.3) is 5.91 Å². The predicted molar refractivity (Wildman–Crippen MR) is 125 cm³/mol. The molecule has 0 saturated heterocycles. The smallest absolute Gasteiger partial charge is 0.375 e. The van der Waals surface area contributed by atoms with Gasteiger partial charge in [-0.2, -0.15) is 18.4 Å². The van der Waals surface area contributed by atoms with Crippen LogP contribution < -0.4 is 15.5 Å². The molecule has 0 bridgehead atoms. The van der Waals surface area contributed by atoms with Crippen LogP contribution in [0.1, 0.15) is 38.7 Å². The van der Waals surface area contributed by atoms with Gasteiger partial charge in [-0.3, -0.25) is 9.69 Å². The Balaban J connectivity index is 1.59. The number of amides is 3. The van der Waals surface area contributed by atoms with Crippen LogP contribution in [0.3, 0.4) is 0 Å². The van der Waals surface area contributed by atoms with E-state index in [1.165, 1.54) is 18.2 Å². The molecule has 2 unspecified atom stereocenters. The second-order valence-corrected chi connectivity index (χ2v) is 9.11. The van der Waals surface area contributed by atoms with Gasteiger partial charge in [-0.1, -0.05) is 11.6 Å². The summed E-state index contributed by atoms with van der Waals surface area (Å²) >= 11 is 6.22. The van der Waals surface area contributed by atoms with E-state index in [0.29, 0.717) is 11.0 Å². The zero-order chi connectivity index (χ0) is 27.6. The van der Waals surface area contributed by atoms with Gasteiger partial charge in [-0.25, -0.2) is 13.6 Å². The lowest BCUT2D eigenvalue weighted by Crippen LogP contribution is -2.48. The van der Waals surface area contributed by atoms with Crippen molar-refractivity contribution in [1.82, 2.24) is 5.32 Å². The molecule has 3 N–H and O–H groups in total. The van der Waals surface area contributed by atoms with Crippen LogP contribution in [-0.2, 0) is 5.60 Å². The Morgan fingerprint density at radius 3 is 2.53 bits per heavy atom. The topological polar surface area (TPSA) is 105 Å². The van der Waals surface area contributed by atoms with E-state index in [0.717, 1.165) is 24.3 Å². The van der Waals surface area contributed by atoms with Crippen LogP contribution in [0.2, 0.25) is 5.02 Å². The van der Waals surface area contributed by atoms with Gasteiger partial charge in [0.1, 0.15) is 11.6 Å². The van der Waals surface area contributed by atoms with Crippen molar-refractivity contribution in [2.75, 3.05) is 16.8 Å². The summed E-state index contributed by atoms with van der Waals surface area (Å²) in [6, 6.07) is 7.69. The second-order valence-electron chi connectivity index (χ2n) is 8.70. The fourth-order valence-corrected chi connectivity index (χ4v) is 4.88. The van der Waals surface area contributed by atoms with Gasteiger partial charge >= 0.3 is 12.2 Å². The Morgan fingerprint density at radius 2 is 1.84 bits per heavy atom. The van der Waals surface area contributed by atoms with E-state index in [9.17, 15) is 41.9 Å². The van der Waals surface area contributed by atoms with Crippen molar-refractivity contribution >= 4 is 34.9 Å². The minimum atomic E-state index is -5.25. The van der Waals surface area contributed by atoms with Crippen LogP contribution in [0.4, 0.5) is 38.1 Å². The Bertz CT molecular complexity index is 1570. The molecule has 3 aromatic rings. The molecule has 194 valence electrons. The van der Waals surface area contributed by atoms with Crippen molar-refractivity contribution in [2.45, 2.75) is 17.8 Å². The normalized spacial score (nSPS) is 20.0. The van der Waals surface area contributed by atoms with Gasteiger partial charge in [-0.05, 0) is 48.5 Å². The van der Waals surface area contributed by atoms with Crippen molar-refractivity contribution in [3.05, 3.63) is 93.0 Å². The number of aliphatic hydroxyl groups is 1. The van der Waals surface area contributed by atoms with E-state index >= 15 is 0 Å². The summed E-state index contributed by atoms with van der Waals surface area (Å²) in [4.78, 5) is 26.6. The summed E-state index contributed by atoms with van der Waals surface area (Å²) < 4.78 is 69.2. The van der Waals surface area contributed by atoms with E-state index < -0.39 is 59.2 Å². The lowest BCUT2D eigenvalue weighted by atomic mass is 9.94. The van der Waals surface area contributed by atoms with Gasteiger partial charge < -0.3 is 15.7 Å². The van der Waals surface area contributed by atoms with Gasteiger partial charge in [0.2, 0.25) is 5.60 Å². The number of anilines is 2. The summed E-state index contributed by atoms with van der Waals surface area (Å²) in [5, 5.41) is 25.0. The summed E-state index contributed by atoms with van der Waals surface area (Å²) in [5.41, 5.74) is -4.80. The average molecular weight is 549 g/mol. The maximum absolute atomic E-state index is 14.0. The number of carbonyl (C=O) groups excluding carboxylic acids is 2. The highest BCUT2D eigenvalue weighted by molar-refractivity contribution is 6.31. The summed E-state index contributed by atoms with van der Waals surface area (Å²) in [6.07, 6.45) is -5.25. The number of carbonyl (C=O) groups is 2. The molecule has 5 rings (SSSR count). The summed E-state index contributed by atoms with van der Waals surface area (Å²) in [5.74, 6) is -2.38. The zero-order valence-corrected chi connectivity index (χ0v) is 19.6. The van der Waals surface area contributed by atoms with Crippen LogP contribution in [0.25, 0.3) is 0 Å². The summed E-state index contributed by atoms with van der Waals surface area (Å²) in [6.45, 7) is -1.28. The van der Waals surface area contributed by atoms with Crippen molar-refractivity contribution in [1.29, 1.82) is 5.26 Å². The van der Waals surface area contributed by atoms with E-state index in [2.05, 4.69) is 10.6 Å². The maximum atomic E-state index is 14.0. The molecular formula is C25H14ClF5N4O3. The molecule has 0 aromatic heterocycles. The van der Waals surface area contributed by atoms with Crippen LogP contribution in [0.5, 0.6) is 0 Å². The number of nitrogens with one attached hydrogen (secondary N) is 2. The fraction of sp³-hybridized carbons (Fsp3) is 0.160. The monoisotopic (exact) mass is 548 g/mol. The fourth-order valence-electron chi connectivity index (χ4n) is 4.65. The lowest BCUT2D eigenvalue weighted by Gasteiger charge is -2.27. The molecule has 0 saturated carbocycles. The van der Waals surface area contributed by atoms with Crippen LogP contribution in [0.15, 0.2) is 48.5 Å². The third-order valence-corrected chi connectivity index (χ3v) is 6.77. The summed E-state index contributed by atoms with van der Waals surface area (Å²) in [7, 11) is 0. The maximum Gasteiger partial charge on any atom is 0.423 e. The Kier molecular flexibility index (Phi) is 5.81. The first kappa shape index (κ1) is 25.4. The highest BCUT2D eigenvalue weighted by atomic mass is 35.5. The quantitative estimate of drug-likeness (QED) is 0.386. The first-order valence-corrected chi connectivity index (χ1v) is 11.2. The molecule has 3 aromatic carbocycles. The number of urea groups is 1. The number of β-amino-alcohol motifs (C(OH)–C–C–N with tert-alkyl or cyclic N) is 1. The van der Waals surface area contributed by atoms with Gasteiger partial charge in [0.05, 0.1) is 35.6 Å². The van der Waals surface area contributed by atoms with Gasteiger partial charge in [0.15, 0.2) is 0 Å². The highest BCUT2D eigenvalue weighted by Gasteiger charge is 2.61. The molecule has 0 spiro atoms. The van der Waals surface area contributed by atoms with Crippen LogP contribution in [0, 0.1) is 23.0 Å². The van der Waals surface area contributed by atoms with Crippen molar-refractivity contribution in [3.63, 3.8) is 0 Å². The second kappa shape index (κ2) is 8.68. The SMILES string of the molecule is N#Cc1cc(NC(=O)N2CC(O)(C(F)(F)F)c3cc(F)ccc32)c2c(c1)C(=O)NC2c1cc(F)ccc1Cl. The average Bonchev–Trinajstić information content (AvgIpc) is 3.35. The molecular weight excluding hydrogens is 535 g/mol. The molecule has 3 amide bonds. The van der Waals surface area contributed by atoms with E-state index in [1.807, 2.05) is 6.07 Å². The Morgan fingerprint density at radius 1 is 1.16 bits per heavy atom. The minimum absolute atomic E-state index is 0.0413. The van der Waals surface area contributed by atoms with E-state index in [4.69, 9.17) is 11.6 Å². The number of nitrogens with zero attached hydrogens (tertiary/aromatic N) is 2. The molecule has 0 aliphatic carbocycles. The number of fused-ring (bicyclic) bond motifs is 2. The number of halogens is 6. The van der Waals surface area contributed by atoms with Crippen molar-refractivity contribution in [2.24, 2.45) is 0 Å². The number of hydrogen-bond acceptors (Lipinski definition) is 4. The van der Waals surface area contributed by atoms with Crippen LogP contribution >= 0.6 is 11.6 Å². The highest BCUT2D eigenvalue weighted by Crippen LogP contribution is 2.49. The van der Waals surface area contributed by atoms with Gasteiger partial charge in [-0.15, -0.1) is 0 Å². The number of benzene rings is 3. The molecule has 38 heavy (non-hydrogen) atoms. The first-order valence-electron chi connectivity index (χ1n) is 10.9. The Labute approximate surface area is 216 Å². The first-order chi connectivity index (χ1) is 17.8. The predicted octanol–water partition coefficient (Wildman–Crippen LogP) is 5.12. The third kappa shape index (κ3) is 3.91. The van der Waals surface area contributed by atoms with E-state index in [-0.39, 0.29) is 33.0 Å². The third-order valence-electron chi connectivity index (χ3n) is 6.42. The number of hydrogen-bond donors (Lipinski definition) is 3. The molecule has 13 heteroatoms. The molecule has 2 aliphatic heterocycles. The standard InChI is InChI=1S/C25H14ClF5N4O3/c26-17-3-1-12(27)7-14(17)21-20-15(22(36)34-21)5-11(9-32)6-18(20)33-23(37)35-10-24(38,25(29,30)31)16-8-13(28)2-4-19(16)35/h1-8,21,38H,10H2,(H,33,37)(H,34,36). The number of nitriles is 1. The molecule has 0 radical (unpaired) electrons. The number of alkyl halides is 3. The van der Waals surface area contributed by atoms with Crippen LogP contribution in [-0.4, -0.2) is 29.8 Å². The van der Waals surface area contributed by atoms with Gasteiger partial charge in [0, 0.05) is 27.3 Å².